The van der Waals surface area contributed by atoms with Gasteiger partial charge in [0.1, 0.15) is 23.9 Å². The molecule has 2 heterocycles. The number of methoxy groups -OCH3 is 2. The van der Waals surface area contributed by atoms with Gasteiger partial charge in [-0.25, -0.2) is 0 Å². The average molecular weight is 453 g/mol. The molecule has 9 heteroatoms. The van der Waals surface area contributed by atoms with Crippen molar-refractivity contribution in [2.75, 3.05) is 14.2 Å². The van der Waals surface area contributed by atoms with Crippen LogP contribution in [0.15, 0.2) is 58.5 Å². The predicted octanol–water partition coefficient (Wildman–Crippen LogP) is 4.03. The van der Waals surface area contributed by atoms with Crippen molar-refractivity contribution in [3.05, 3.63) is 70.3 Å². The molecular weight excluding hydrogens is 428 g/mol. The van der Waals surface area contributed by atoms with Crippen molar-refractivity contribution in [1.29, 1.82) is 0 Å². The smallest absolute Gasteiger partial charge is 0.191 e. The van der Waals surface area contributed by atoms with Crippen LogP contribution < -0.4 is 19.6 Å². The van der Waals surface area contributed by atoms with E-state index in [4.69, 9.17) is 14.2 Å². The highest BCUT2D eigenvalue weighted by molar-refractivity contribution is 7.98. The molecule has 1 N–H and O–H groups in total. The summed E-state index contributed by atoms with van der Waals surface area (Å²) >= 11 is 1.51. The van der Waals surface area contributed by atoms with Crippen LogP contribution in [0.2, 0.25) is 0 Å². The van der Waals surface area contributed by atoms with Crippen molar-refractivity contribution < 1.29 is 14.2 Å². The molecule has 0 radical (unpaired) electrons. The molecule has 0 unspecified atom stereocenters. The van der Waals surface area contributed by atoms with Gasteiger partial charge in [-0.15, -0.1) is 10.2 Å². The molecule has 0 aliphatic carbocycles. The number of ether oxygens (including phenoxy) is 3. The fourth-order valence-corrected chi connectivity index (χ4v) is 4.29. The van der Waals surface area contributed by atoms with E-state index in [1.807, 2.05) is 47.9 Å². The molecule has 0 aliphatic rings. The molecule has 0 saturated heterocycles. The highest BCUT2D eigenvalue weighted by Gasteiger charge is 2.13. The largest absolute Gasteiger partial charge is 0.497 e. The second-order valence-electron chi connectivity index (χ2n) is 6.94. The van der Waals surface area contributed by atoms with Crippen LogP contribution >= 0.6 is 11.8 Å². The number of benzene rings is 2. The summed E-state index contributed by atoms with van der Waals surface area (Å²) in [5.74, 6) is 3.42. The first-order chi connectivity index (χ1) is 15.6. The second kappa shape index (κ2) is 9.78. The van der Waals surface area contributed by atoms with Gasteiger partial charge in [0.05, 0.1) is 19.7 Å². The minimum atomic E-state index is -0.0428. The molecule has 0 aliphatic heterocycles. The molecule has 0 bridgehead atoms. The van der Waals surface area contributed by atoms with E-state index in [1.165, 1.54) is 11.8 Å². The van der Waals surface area contributed by atoms with E-state index in [9.17, 15) is 4.79 Å². The zero-order valence-electron chi connectivity index (χ0n) is 18.1. The van der Waals surface area contributed by atoms with E-state index in [0.29, 0.717) is 35.6 Å². The predicted molar refractivity (Wildman–Crippen MR) is 124 cm³/mol. The number of thioether (sulfide) groups is 1. The first-order valence-corrected chi connectivity index (χ1v) is 11.1. The van der Waals surface area contributed by atoms with Crippen molar-refractivity contribution in [3.8, 4) is 17.2 Å². The summed E-state index contributed by atoms with van der Waals surface area (Å²) in [6, 6.07) is 14.5. The number of nitrogens with zero attached hydrogens (tertiary/aromatic N) is 3. The number of para-hydroxylation sites is 1. The third kappa shape index (κ3) is 4.57. The van der Waals surface area contributed by atoms with Crippen LogP contribution in [-0.4, -0.2) is 34.0 Å². The Hall–Kier alpha value is -3.46. The van der Waals surface area contributed by atoms with E-state index in [-0.39, 0.29) is 5.43 Å². The quantitative estimate of drug-likeness (QED) is 0.383. The van der Waals surface area contributed by atoms with Crippen molar-refractivity contribution >= 4 is 22.7 Å². The summed E-state index contributed by atoms with van der Waals surface area (Å²) in [4.78, 5) is 15.8. The van der Waals surface area contributed by atoms with Crippen molar-refractivity contribution in [3.63, 3.8) is 0 Å². The van der Waals surface area contributed by atoms with Gasteiger partial charge in [0.25, 0.3) is 0 Å². The van der Waals surface area contributed by atoms with Crippen LogP contribution in [0, 0.1) is 0 Å². The van der Waals surface area contributed by atoms with Crippen molar-refractivity contribution in [2.45, 2.75) is 31.0 Å². The van der Waals surface area contributed by atoms with Crippen LogP contribution in [0.1, 0.15) is 18.4 Å². The summed E-state index contributed by atoms with van der Waals surface area (Å²) in [5, 5.41) is 9.98. The molecule has 4 rings (SSSR count). The van der Waals surface area contributed by atoms with Gasteiger partial charge in [-0.2, -0.15) is 0 Å². The Kier molecular flexibility index (Phi) is 6.65. The average Bonchev–Trinajstić information content (AvgIpc) is 3.23. The summed E-state index contributed by atoms with van der Waals surface area (Å²) in [6.07, 6.45) is 0. The Morgan fingerprint density at radius 1 is 1.03 bits per heavy atom. The summed E-state index contributed by atoms with van der Waals surface area (Å²) in [6.45, 7) is 3.05. The minimum absolute atomic E-state index is 0.0428. The van der Waals surface area contributed by atoms with Crippen LogP contribution in [0.4, 0.5) is 0 Å². The summed E-state index contributed by atoms with van der Waals surface area (Å²) in [7, 11) is 3.22. The maximum atomic E-state index is 12.5. The van der Waals surface area contributed by atoms with E-state index < -0.39 is 0 Å². The van der Waals surface area contributed by atoms with Gasteiger partial charge in [-0.3, -0.25) is 4.79 Å². The Bertz CT molecular complexity index is 1270. The Morgan fingerprint density at radius 2 is 1.81 bits per heavy atom. The van der Waals surface area contributed by atoms with Crippen LogP contribution in [0.25, 0.3) is 10.9 Å². The van der Waals surface area contributed by atoms with E-state index in [1.54, 1.807) is 26.4 Å². The molecule has 0 amide bonds. The molecule has 0 fully saturated rings. The fourth-order valence-electron chi connectivity index (χ4n) is 3.36. The normalized spacial score (nSPS) is 11.0. The molecule has 2 aromatic heterocycles. The number of hydrogen-bond acceptors (Lipinski definition) is 7. The topological polar surface area (TPSA) is 91.3 Å². The lowest BCUT2D eigenvalue weighted by Crippen LogP contribution is -2.08. The second-order valence-corrected chi connectivity index (χ2v) is 7.88. The van der Waals surface area contributed by atoms with E-state index in [2.05, 4.69) is 15.2 Å². The van der Waals surface area contributed by atoms with Gasteiger partial charge >= 0.3 is 0 Å². The molecule has 8 nitrogen and oxygen atoms in total. The molecule has 32 heavy (non-hydrogen) atoms. The van der Waals surface area contributed by atoms with Gasteiger partial charge in [0.15, 0.2) is 16.4 Å². The Labute approximate surface area is 189 Å². The highest BCUT2D eigenvalue weighted by Crippen LogP contribution is 2.25. The lowest BCUT2D eigenvalue weighted by molar-refractivity contribution is 0.287. The first kappa shape index (κ1) is 21.8. The highest BCUT2D eigenvalue weighted by atomic mass is 32.2. The Morgan fingerprint density at radius 3 is 2.53 bits per heavy atom. The molecule has 166 valence electrons. The van der Waals surface area contributed by atoms with Gasteiger partial charge in [0.2, 0.25) is 0 Å². The number of aromatic amines is 1. The van der Waals surface area contributed by atoms with E-state index >= 15 is 0 Å². The number of rotatable bonds is 9. The SMILES string of the molecule is CCn1c(COc2ccc(OC)cc2)nnc1SCc1cc(=O)c2cccc(OC)c2[nH]1. The molecule has 0 saturated carbocycles. The number of hydrogen-bond donors (Lipinski definition) is 1. The van der Waals surface area contributed by atoms with Crippen LogP contribution in [0.5, 0.6) is 17.2 Å². The monoisotopic (exact) mass is 452 g/mol. The molecule has 4 aromatic rings. The van der Waals surface area contributed by atoms with Crippen LogP contribution in [-0.2, 0) is 18.9 Å². The number of fused-ring (bicyclic) bond motifs is 1. The summed E-state index contributed by atoms with van der Waals surface area (Å²) in [5.41, 5.74) is 1.45. The van der Waals surface area contributed by atoms with Crippen LogP contribution in [0.3, 0.4) is 0 Å². The first-order valence-electron chi connectivity index (χ1n) is 10.1. The maximum Gasteiger partial charge on any atom is 0.191 e. The molecule has 2 aromatic carbocycles. The lowest BCUT2D eigenvalue weighted by Gasteiger charge is -2.10. The van der Waals surface area contributed by atoms with Gasteiger partial charge in [-0.1, -0.05) is 17.8 Å². The lowest BCUT2D eigenvalue weighted by atomic mass is 10.2. The van der Waals surface area contributed by atoms with Crippen molar-refractivity contribution in [2.24, 2.45) is 0 Å². The third-order valence-electron chi connectivity index (χ3n) is 5.00. The number of aromatic nitrogens is 4. The zero-order chi connectivity index (χ0) is 22.5. The van der Waals surface area contributed by atoms with Crippen molar-refractivity contribution in [1.82, 2.24) is 19.7 Å². The standard InChI is InChI=1S/C23H24N4O4S/c1-4-27-21(13-31-17-10-8-16(29-2)9-11-17)25-26-23(27)32-14-15-12-19(28)18-6-5-7-20(30-3)22(18)24-15/h5-12H,4,13-14H2,1-3H3,(H,24,28). The number of pyridine rings is 1. The minimum Gasteiger partial charge on any atom is -0.497 e. The number of H-pyrrole nitrogens is 1. The zero-order valence-corrected chi connectivity index (χ0v) is 18.9. The molecular formula is C23H24N4O4S. The van der Waals surface area contributed by atoms with Gasteiger partial charge < -0.3 is 23.8 Å². The van der Waals surface area contributed by atoms with Gasteiger partial charge in [0, 0.05) is 29.4 Å². The maximum absolute atomic E-state index is 12.5. The third-order valence-corrected chi connectivity index (χ3v) is 6.01. The number of nitrogens with one attached hydrogen (secondary N) is 1. The molecule has 0 atom stereocenters. The van der Waals surface area contributed by atoms with Gasteiger partial charge in [-0.05, 0) is 43.3 Å². The fraction of sp³-hybridized carbons (Fsp3) is 0.261. The Balaban J connectivity index is 1.48. The summed E-state index contributed by atoms with van der Waals surface area (Å²) < 4.78 is 18.4. The van der Waals surface area contributed by atoms with E-state index in [0.717, 1.165) is 28.2 Å². The molecule has 0 spiro atoms.